The highest BCUT2D eigenvalue weighted by atomic mass is 16.5. The van der Waals surface area contributed by atoms with E-state index in [1.54, 1.807) is 25.5 Å². The van der Waals surface area contributed by atoms with E-state index in [-0.39, 0.29) is 5.97 Å². The van der Waals surface area contributed by atoms with Gasteiger partial charge in [0.2, 0.25) is 0 Å². The van der Waals surface area contributed by atoms with Gasteiger partial charge in [-0.15, -0.1) is 0 Å². The SMILES string of the molecule is CCOC(=O)C(C)(C)c1ccoc1. The molecule has 0 radical (unpaired) electrons. The Kier molecular flexibility index (Phi) is 2.76. The Hall–Kier alpha value is -1.25. The van der Waals surface area contributed by atoms with E-state index >= 15 is 0 Å². The average molecular weight is 182 g/mol. The van der Waals surface area contributed by atoms with Gasteiger partial charge in [-0.3, -0.25) is 4.79 Å². The summed E-state index contributed by atoms with van der Waals surface area (Å²) in [6, 6.07) is 1.77. The number of hydrogen-bond acceptors (Lipinski definition) is 3. The summed E-state index contributed by atoms with van der Waals surface area (Å²) in [4.78, 5) is 11.5. The van der Waals surface area contributed by atoms with Gasteiger partial charge in [-0.2, -0.15) is 0 Å². The summed E-state index contributed by atoms with van der Waals surface area (Å²) < 4.78 is 9.87. The van der Waals surface area contributed by atoms with E-state index in [9.17, 15) is 4.79 Å². The summed E-state index contributed by atoms with van der Waals surface area (Å²) in [5.74, 6) is -0.226. The number of ether oxygens (including phenoxy) is 1. The van der Waals surface area contributed by atoms with Crippen LogP contribution in [0.2, 0.25) is 0 Å². The van der Waals surface area contributed by atoms with E-state index in [0.717, 1.165) is 5.56 Å². The molecule has 0 unspecified atom stereocenters. The molecule has 0 bridgehead atoms. The molecule has 0 saturated heterocycles. The smallest absolute Gasteiger partial charge is 0.316 e. The Morgan fingerprint density at radius 2 is 2.31 bits per heavy atom. The minimum Gasteiger partial charge on any atom is -0.472 e. The second-order valence-corrected chi connectivity index (χ2v) is 3.36. The second kappa shape index (κ2) is 3.64. The third-order valence-electron chi connectivity index (χ3n) is 2.03. The number of carbonyl (C=O) groups excluding carboxylic acids is 1. The monoisotopic (exact) mass is 182 g/mol. The van der Waals surface area contributed by atoms with Crippen LogP contribution in [0.5, 0.6) is 0 Å². The van der Waals surface area contributed by atoms with Gasteiger partial charge in [0.05, 0.1) is 24.5 Å². The summed E-state index contributed by atoms with van der Waals surface area (Å²) in [6.07, 6.45) is 3.12. The van der Waals surface area contributed by atoms with Crippen molar-refractivity contribution in [1.82, 2.24) is 0 Å². The fourth-order valence-corrected chi connectivity index (χ4v) is 1.05. The maximum absolute atomic E-state index is 11.5. The zero-order valence-corrected chi connectivity index (χ0v) is 8.16. The number of furan rings is 1. The molecule has 13 heavy (non-hydrogen) atoms. The van der Waals surface area contributed by atoms with Crippen LogP contribution in [-0.2, 0) is 14.9 Å². The third kappa shape index (κ3) is 1.91. The molecule has 0 amide bonds. The summed E-state index contributed by atoms with van der Waals surface area (Å²) in [7, 11) is 0. The van der Waals surface area contributed by atoms with Crippen molar-refractivity contribution in [2.75, 3.05) is 6.61 Å². The zero-order chi connectivity index (χ0) is 9.90. The van der Waals surface area contributed by atoms with E-state index in [0.29, 0.717) is 6.61 Å². The van der Waals surface area contributed by atoms with Crippen LogP contribution in [0.1, 0.15) is 26.3 Å². The topological polar surface area (TPSA) is 39.4 Å². The minimum absolute atomic E-state index is 0.226. The Bertz CT molecular complexity index is 272. The molecule has 0 aliphatic carbocycles. The third-order valence-corrected chi connectivity index (χ3v) is 2.03. The molecule has 0 aromatic carbocycles. The summed E-state index contributed by atoms with van der Waals surface area (Å²) >= 11 is 0. The maximum Gasteiger partial charge on any atom is 0.316 e. The molecule has 1 rings (SSSR count). The highest BCUT2D eigenvalue weighted by Gasteiger charge is 2.32. The summed E-state index contributed by atoms with van der Waals surface area (Å²) in [6.45, 7) is 5.83. The lowest BCUT2D eigenvalue weighted by Gasteiger charge is -2.20. The van der Waals surface area contributed by atoms with Gasteiger partial charge in [-0.1, -0.05) is 0 Å². The predicted octanol–water partition coefficient (Wildman–Crippen LogP) is 2.12. The van der Waals surface area contributed by atoms with Gasteiger partial charge in [0.25, 0.3) is 0 Å². The highest BCUT2D eigenvalue weighted by Crippen LogP contribution is 2.24. The molecule has 0 N–H and O–H groups in total. The van der Waals surface area contributed by atoms with Gasteiger partial charge < -0.3 is 9.15 Å². The first-order valence-electron chi connectivity index (χ1n) is 4.29. The van der Waals surface area contributed by atoms with Crippen LogP contribution in [0.4, 0.5) is 0 Å². The number of carbonyl (C=O) groups is 1. The van der Waals surface area contributed by atoms with Crippen LogP contribution in [0.15, 0.2) is 23.0 Å². The fraction of sp³-hybridized carbons (Fsp3) is 0.500. The molecule has 1 aromatic rings. The molecule has 3 nitrogen and oxygen atoms in total. The van der Waals surface area contributed by atoms with Crippen LogP contribution in [-0.4, -0.2) is 12.6 Å². The van der Waals surface area contributed by atoms with Crippen LogP contribution < -0.4 is 0 Å². The van der Waals surface area contributed by atoms with Gasteiger partial charge in [-0.05, 0) is 26.8 Å². The molecule has 0 fully saturated rings. The van der Waals surface area contributed by atoms with Crippen LogP contribution in [0.25, 0.3) is 0 Å². The van der Waals surface area contributed by atoms with Crippen molar-refractivity contribution in [2.24, 2.45) is 0 Å². The Labute approximate surface area is 77.7 Å². The van der Waals surface area contributed by atoms with Crippen molar-refractivity contribution >= 4 is 5.97 Å². The van der Waals surface area contributed by atoms with Crippen LogP contribution in [0.3, 0.4) is 0 Å². The maximum atomic E-state index is 11.5. The van der Waals surface area contributed by atoms with Gasteiger partial charge in [0.1, 0.15) is 0 Å². The molecular weight excluding hydrogens is 168 g/mol. The molecule has 1 heterocycles. The number of hydrogen-bond donors (Lipinski definition) is 0. The van der Waals surface area contributed by atoms with Crippen molar-refractivity contribution in [2.45, 2.75) is 26.2 Å². The van der Waals surface area contributed by atoms with E-state index in [4.69, 9.17) is 9.15 Å². The van der Waals surface area contributed by atoms with Crippen molar-refractivity contribution in [3.05, 3.63) is 24.2 Å². The van der Waals surface area contributed by atoms with E-state index in [1.165, 1.54) is 0 Å². The van der Waals surface area contributed by atoms with Gasteiger partial charge >= 0.3 is 5.97 Å². The lowest BCUT2D eigenvalue weighted by Crippen LogP contribution is -2.30. The first kappa shape index (κ1) is 9.84. The second-order valence-electron chi connectivity index (χ2n) is 3.36. The molecule has 0 aliphatic heterocycles. The lowest BCUT2D eigenvalue weighted by molar-refractivity contribution is -0.148. The first-order chi connectivity index (χ1) is 6.09. The van der Waals surface area contributed by atoms with Crippen molar-refractivity contribution in [3.63, 3.8) is 0 Å². The van der Waals surface area contributed by atoms with Crippen LogP contribution in [0, 0.1) is 0 Å². The minimum atomic E-state index is -0.622. The van der Waals surface area contributed by atoms with E-state index < -0.39 is 5.41 Å². The molecule has 0 saturated carbocycles. The van der Waals surface area contributed by atoms with Gasteiger partial charge in [0, 0.05) is 5.56 Å². The molecule has 1 aromatic heterocycles. The quantitative estimate of drug-likeness (QED) is 0.672. The Morgan fingerprint density at radius 3 is 2.77 bits per heavy atom. The van der Waals surface area contributed by atoms with Crippen LogP contribution >= 0.6 is 0 Å². The molecule has 0 aliphatic rings. The van der Waals surface area contributed by atoms with Crippen molar-refractivity contribution < 1.29 is 13.9 Å². The van der Waals surface area contributed by atoms with Crippen molar-refractivity contribution in [3.8, 4) is 0 Å². The normalized spacial score (nSPS) is 11.3. The first-order valence-corrected chi connectivity index (χ1v) is 4.29. The highest BCUT2D eigenvalue weighted by molar-refractivity contribution is 5.81. The molecule has 72 valence electrons. The standard InChI is InChI=1S/C10H14O3/c1-4-13-9(11)10(2,3)8-5-6-12-7-8/h5-7H,4H2,1-3H3. The van der Waals surface area contributed by atoms with Gasteiger partial charge in [-0.25, -0.2) is 0 Å². The lowest BCUT2D eigenvalue weighted by atomic mass is 9.87. The molecular formula is C10H14O3. The van der Waals surface area contributed by atoms with Gasteiger partial charge in [0.15, 0.2) is 0 Å². The molecule has 0 spiro atoms. The predicted molar refractivity (Wildman–Crippen MR) is 48.4 cm³/mol. The van der Waals surface area contributed by atoms with E-state index in [1.807, 2.05) is 13.8 Å². The number of rotatable bonds is 3. The molecule has 0 atom stereocenters. The zero-order valence-electron chi connectivity index (χ0n) is 8.16. The number of esters is 1. The summed E-state index contributed by atoms with van der Waals surface area (Å²) in [5.41, 5.74) is 0.217. The fourth-order valence-electron chi connectivity index (χ4n) is 1.05. The van der Waals surface area contributed by atoms with Crippen molar-refractivity contribution in [1.29, 1.82) is 0 Å². The van der Waals surface area contributed by atoms with E-state index in [2.05, 4.69) is 0 Å². The Morgan fingerprint density at radius 1 is 1.62 bits per heavy atom. The Balaban J connectivity index is 2.82. The average Bonchev–Trinajstić information content (AvgIpc) is 2.56. The molecule has 3 heteroatoms. The largest absolute Gasteiger partial charge is 0.472 e. The summed E-state index contributed by atoms with van der Waals surface area (Å²) in [5, 5.41) is 0.